The Balaban J connectivity index is 2.07. The fourth-order valence-electron chi connectivity index (χ4n) is 1.59. The van der Waals surface area contributed by atoms with Gasteiger partial charge in [-0.3, -0.25) is 4.68 Å². The standard InChI is InChI=1S/C8H11IN2/c1-6-2-8(3-6)11-5-7(9)4-10-11/h4-6,8H,2-3H2,1H3. The van der Waals surface area contributed by atoms with Crippen molar-refractivity contribution in [3.63, 3.8) is 0 Å². The molecule has 1 aliphatic rings. The number of halogens is 1. The van der Waals surface area contributed by atoms with Crippen LogP contribution in [-0.4, -0.2) is 9.78 Å². The average molecular weight is 262 g/mol. The topological polar surface area (TPSA) is 17.8 Å². The number of hydrogen-bond acceptors (Lipinski definition) is 1. The summed E-state index contributed by atoms with van der Waals surface area (Å²) in [6.07, 6.45) is 6.65. The lowest BCUT2D eigenvalue weighted by atomic mass is 9.82. The Kier molecular flexibility index (Phi) is 1.91. The summed E-state index contributed by atoms with van der Waals surface area (Å²) in [5.41, 5.74) is 0. The second-order valence-corrected chi connectivity index (χ2v) is 4.61. The first-order chi connectivity index (χ1) is 5.25. The lowest BCUT2D eigenvalue weighted by Gasteiger charge is -2.32. The molecule has 0 aliphatic heterocycles. The van der Waals surface area contributed by atoms with Gasteiger partial charge in [-0.25, -0.2) is 0 Å². The Bertz CT molecular complexity index is 250. The van der Waals surface area contributed by atoms with Gasteiger partial charge in [0.1, 0.15) is 0 Å². The van der Waals surface area contributed by atoms with Gasteiger partial charge in [0.05, 0.1) is 15.8 Å². The molecule has 0 spiro atoms. The van der Waals surface area contributed by atoms with Crippen molar-refractivity contribution in [2.24, 2.45) is 5.92 Å². The van der Waals surface area contributed by atoms with Crippen LogP contribution in [0.4, 0.5) is 0 Å². The van der Waals surface area contributed by atoms with Crippen LogP contribution in [0.2, 0.25) is 0 Å². The van der Waals surface area contributed by atoms with Gasteiger partial charge in [-0.1, -0.05) is 6.92 Å². The highest BCUT2D eigenvalue weighted by Crippen LogP contribution is 2.36. The van der Waals surface area contributed by atoms with Crippen LogP contribution in [0.15, 0.2) is 12.4 Å². The highest BCUT2D eigenvalue weighted by atomic mass is 127. The van der Waals surface area contributed by atoms with Crippen molar-refractivity contribution in [2.75, 3.05) is 0 Å². The largest absolute Gasteiger partial charge is 0.269 e. The van der Waals surface area contributed by atoms with Crippen LogP contribution < -0.4 is 0 Å². The zero-order valence-corrected chi connectivity index (χ0v) is 8.65. The van der Waals surface area contributed by atoms with Crippen LogP contribution in [0.1, 0.15) is 25.8 Å². The van der Waals surface area contributed by atoms with Crippen molar-refractivity contribution in [1.29, 1.82) is 0 Å². The van der Waals surface area contributed by atoms with Crippen molar-refractivity contribution in [3.05, 3.63) is 16.0 Å². The predicted molar refractivity (Wildman–Crippen MR) is 52.4 cm³/mol. The molecule has 0 bridgehead atoms. The molecule has 0 N–H and O–H groups in total. The van der Waals surface area contributed by atoms with Gasteiger partial charge >= 0.3 is 0 Å². The summed E-state index contributed by atoms with van der Waals surface area (Å²) in [5.74, 6) is 0.905. The smallest absolute Gasteiger partial charge is 0.0623 e. The quantitative estimate of drug-likeness (QED) is 0.711. The molecule has 0 atom stereocenters. The molecule has 1 aromatic rings. The summed E-state index contributed by atoms with van der Waals surface area (Å²) in [5, 5.41) is 4.28. The van der Waals surface area contributed by atoms with Crippen molar-refractivity contribution in [3.8, 4) is 0 Å². The van der Waals surface area contributed by atoms with E-state index in [2.05, 4.69) is 45.5 Å². The number of nitrogens with zero attached hydrogens (tertiary/aromatic N) is 2. The molecule has 1 fully saturated rings. The molecule has 0 radical (unpaired) electrons. The molecule has 3 heteroatoms. The van der Waals surface area contributed by atoms with Gasteiger partial charge in [0, 0.05) is 6.20 Å². The summed E-state index contributed by atoms with van der Waals surface area (Å²) < 4.78 is 3.34. The monoisotopic (exact) mass is 262 g/mol. The highest BCUT2D eigenvalue weighted by molar-refractivity contribution is 14.1. The van der Waals surface area contributed by atoms with E-state index in [1.165, 1.54) is 16.4 Å². The SMILES string of the molecule is CC1CC(n2cc(I)cn2)C1. The maximum atomic E-state index is 4.28. The molecular weight excluding hydrogens is 251 g/mol. The summed E-state index contributed by atoms with van der Waals surface area (Å²) in [6, 6.07) is 0.688. The summed E-state index contributed by atoms with van der Waals surface area (Å²) in [6.45, 7) is 2.30. The number of aromatic nitrogens is 2. The minimum absolute atomic E-state index is 0.688. The van der Waals surface area contributed by atoms with Crippen LogP contribution in [0.3, 0.4) is 0 Å². The third-order valence-electron chi connectivity index (χ3n) is 2.29. The number of rotatable bonds is 1. The lowest BCUT2D eigenvalue weighted by Crippen LogP contribution is -2.24. The zero-order chi connectivity index (χ0) is 7.84. The van der Waals surface area contributed by atoms with Crippen LogP contribution >= 0.6 is 22.6 Å². The van der Waals surface area contributed by atoms with Gasteiger partial charge in [0.15, 0.2) is 0 Å². The first-order valence-corrected chi connectivity index (χ1v) is 5.03. The van der Waals surface area contributed by atoms with Crippen molar-refractivity contribution in [2.45, 2.75) is 25.8 Å². The van der Waals surface area contributed by atoms with Gasteiger partial charge in [-0.15, -0.1) is 0 Å². The maximum Gasteiger partial charge on any atom is 0.0623 e. The van der Waals surface area contributed by atoms with E-state index < -0.39 is 0 Å². The molecule has 1 aliphatic carbocycles. The molecule has 0 amide bonds. The Hall–Kier alpha value is -0.0600. The molecule has 1 heterocycles. The second-order valence-electron chi connectivity index (χ2n) is 3.37. The van der Waals surface area contributed by atoms with E-state index >= 15 is 0 Å². The lowest BCUT2D eigenvalue weighted by molar-refractivity contribution is 0.200. The fraction of sp³-hybridized carbons (Fsp3) is 0.625. The summed E-state index contributed by atoms with van der Waals surface area (Å²) in [4.78, 5) is 0. The molecule has 1 saturated carbocycles. The first-order valence-electron chi connectivity index (χ1n) is 3.95. The first kappa shape index (κ1) is 7.58. The Morgan fingerprint density at radius 1 is 1.64 bits per heavy atom. The molecule has 60 valence electrons. The molecule has 0 aromatic carbocycles. The van der Waals surface area contributed by atoms with Crippen LogP contribution in [0.5, 0.6) is 0 Å². The van der Waals surface area contributed by atoms with E-state index in [0.29, 0.717) is 6.04 Å². The third kappa shape index (κ3) is 1.43. The van der Waals surface area contributed by atoms with Crippen LogP contribution in [0, 0.1) is 9.49 Å². The molecule has 1 aromatic heterocycles. The third-order valence-corrected chi connectivity index (χ3v) is 2.85. The fourth-order valence-corrected chi connectivity index (χ4v) is 2.00. The Labute approximate surface area is 80.1 Å². The summed E-state index contributed by atoms with van der Waals surface area (Å²) >= 11 is 2.30. The van der Waals surface area contributed by atoms with Gasteiger partial charge in [0.25, 0.3) is 0 Å². The Morgan fingerprint density at radius 2 is 2.36 bits per heavy atom. The minimum atomic E-state index is 0.688. The average Bonchev–Trinajstić information content (AvgIpc) is 2.29. The van der Waals surface area contributed by atoms with E-state index in [1.807, 2.05) is 6.20 Å². The molecular formula is C8H11IN2. The van der Waals surface area contributed by atoms with E-state index in [-0.39, 0.29) is 0 Å². The van der Waals surface area contributed by atoms with Crippen molar-refractivity contribution >= 4 is 22.6 Å². The van der Waals surface area contributed by atoms with E-state index in [4.69, 9.17) is 0 Å². The van der Waals surface area contributed by atoms with Crippen LogP contribution in [-0.2, 0) is 0 Å². The molecule has 11 heavy (non-hydrogen) atoms. The number of hydrogen-bond donors (Lipinski definition) is 0. The van der Waals surface area contributed by atoms with Gasteiger partial charge in [0.2, 0.25) is 0 Å². The van der Waals surface area contributed by atoms with E-state index in [9.17, 15) is 0 Å². The minimum Gasteiger partial charge on any atom is -0.269 e. The Morgan fingerprint density at radius 3 is 2.82 bits per heavy atom. The maximum absolute atomic E-state index is 4.28. The van der Waals surface area contributed by atoms with Crippen molar-refractivity contribution < 1.29 is 0 Å². The highest BCUT2D eigenvalue weighted by Gasteiger charge is 2.26. The predicted octanol–water partition coefficient (Wildman–Crippen LogP) is 2.46. The molecule has 2 rings (SSSR count). The molecule has 2 nitrogen and oxygen atoms in total. The normalized spacial score (nSPS) is 30.0. The second kappa shape index (κ2) is 2.77. The van der Waals surface area contributed by atoms with Gasteiger partial charge in [-0.2, -0.15) is 5.10 Å². The molecule has 0 unspecified atom stereocenters. The molecule has 0 saturated heterocycles. The van der Waals surface area contributed by atoms with Crippen molar-refractivity contribution in [1.82, 2.24) is 9.78 Å². The van der Waals surface area contributed by atoms with Crippen LogP contribution in [0.25, 0.3) is 0 Å². The van der Waals surface area contributed by atoms with Gasteiger partial charge in [-0.05, 0) is 41.4 Å². The van der Waals surface area contributed by atoms with Gasteiger partial charge < -0.3 is 0 Å². The zero-order valence-electron chi connectivity index (χ0n) is 6.50. The van der Waals surface area contributed by atoms with E-state index in [1.54, 1.807) is 0 Å². The summed E-state index contributed by atoms with van der Waals surface area (Å²) in [7, 11) is 0. The van der Waals surface area contributed by atoms with E-state index in [0.717, 1.165) is 5.92 Å².